The maximum atomic E-state index is 14.5. The van der Waals surface area contributed by atoms with E-state index in [1.165, 1.54) is 18.6 Å². The minimum atomic E-state index is -1.05. The molecule has 2 aliphatic heterocycles. The molecule has 2 aromatic rings. The maximum Gasteiger partial charge on any atom is 0.419 e. The van der Waals surface area contributed by atoms with Gasteiger partial charge in [0.2, 0.25) is 5.91 Å². The Kier molecular flexibility index (Phi) is 9.19. The lowest BCUT2D eigenvalue weighted by molar-refractivity contribution is -0.141. The molecule has 3 heterocycles. The van der Waals surface area contributed by atoms with Gasteiger partial charge in [0.1, 0.15) is 26.0 Å². The van der Waals surface area contributed by atoms with E-state index in [1.807, 2.05) is 43.4 Å². The fourth-order valence-electron chi connectivity index (χ4n) is 7.00. The average Bonchev–Trinajstić information content (AvgIpc) is 3.64. The summed E-state index contributed by atoms with van der Waals surface area (Å²) < 4.78 is 25.4. The van der Waals surface area contributed by atoms with E-state index in [0.29, 0.717) is 13.1 Å². The lowest BCUT2D eigenvalue weighted by atomic mass is 9.83. The van der Waals surface area contributed by atoms with Gasteiger partial charge in [-0.1, -0.05) is 19.3 Å². The number of amides is 2. The Balaban J connectivity index is 1.41. The molecule has 3 fully saturated rings. The van der Waals surface area contributed by atoms with Crippen LogP contribution in [0.25, 0.3) is 10.9 Å². The molecule has 5 rings (SSSR count). The summed E-state index contributed by atoms with van der Waals surface area (Å²) in [4.78, 5) is 35.0. The second-order valence-corrected chi connectivity index (χ2v) is 14.6. The van der Waals surface area contributed by atoms with Crippen LogP contribution in [-0.4, -0.2) is 89.6 Å². The predicted octanol–water partition coefficient (Wildman–Crippen LogP) is 5.62. The average molecular weight is 588 g/mol. The molecule has 2 N–H and O–H groups in total. The van der Waals surface area contributed by atoms with Gasteiger partial charge in [0.05, 0.1) is 30.0 Å². The van der Waals surface area contributed by atoms with Gasteiger partial charge in [-0.3, -0.25) is 15.0 Å². The van der Waals surface area contributed by atoms with Crippen molar-refractivity contribution < 1.29 is 23.5 Å². The molecule has 0 spiro atoms. The van der Waals surface area contributed by atoms with Crippen molar-refractivity contribution in [3.63, 3.8) is 0 Å². The molecule has 1 aliphatic carbocycles. The third-order valence-electron chi connectivity index (χ3n) is 8.92. The van der Waals surface area contributed by atoms with Crippen LogP contribution in [0.15, 0.2) is 24.4 Å². The predicted molar refractivity (Wildman–Crippen MR) is 162 cm³/mol. The first-order valence-corrected chi connectivity index (χ1v) is 16.9. The molecule has 2 saturated heterocycles. The normalized spacial score (nSPS) is 24.6. The first-order valence-electron chi connectivity index (χ1n) is 14.9. The quantitative estimate of drug-likeness (QED) is 0.226. The van der Waals surface area contributed by atoms with Gasteiger partial charge in [-0.2, -0.15) is 0 Å². The lowest BCUT2D eigenvalue weighted by Gasteiger charge is -2.36. The summed E-state index contributed by atoms with van der Waals surface area (Å²) in [6.07, 6.45) is 12.2. The number of H-pyrrole nitrogens is 1. The Labute approximate surface area is 243 Å². The van der Waals surface area contributed by atoms with Gasteiger partial charge in [-0.05, 0) is 69.7 Å². The number of hydrogen-bond acceptors (Lipinski definition) is 5. The van der Waals surface area contributed by atoms with Crippen LogP contribution in [0.2, 0.25) is 0 Å². The fraction of sp³-hybridized carbons (Fsp3) is 0.645. The van der Waals surface area contributed by atoms with Gasteiger partial charge in [-0.25, -0.2) is 9.18 Å². The number of carbonyl (C=O) groups excluding carboxylic acids is 2. The molecule has 10 heteroatoms. The van der Waals surface area contributed by atoms with E-state index in [2.05, 4.69) is 16.6 Å². The molecule has 3 aliphatic rings. The molecule has 0 bridgehead atoms. The summed E-state index contributed by atoms with van der Waals surface area (Å²) in [7, 11) is -1.05. The van der Waals surface area contributed by atoms with E-state index in [9.17, 15) is 14.0 Å². The molecule has 1 aromatic heterocycles. The Morgan fingerprint density at radius 1 is 1.20 bits per heavy atom. The monoisotopic (exact) mass is 587 g/mol. The number of rotatable bonds is 9. The van der Waals surface area contributed by atoms with Crippen LogP contribution in [0.5, 0.6) is 0 Å². The maximum absolute atomic E-state index is 14.5. The summed E-state index contributed by atoms with van der Waals surface area (Å²) in [6, 6.07) is 4.21. The summed E-state index contributed by atoms with van der Waals surface area (Å²) >= 11 is 0. The van der Waals surface area contributed by atoms with Crippen LogP contribution in [0, 0.1) is 11.7 Å². The van der Waals surface area contributed by atoms with Crippen molar-refractivity contribution in [2.45, 2.75) is 88.9 Å². The smallest absolute Gasteiger partial charge is 0.361 e. The van der Waals surface area contributed by atoms with E-state index in [-0.39, 0.29) is 66.5 Å². The van der Waals surface area contributed by atoms with Crippen LogP contribution >= 0.6 is 7.55 Å². The molecule has 1 aromatic carbocycles. The van der Waals surface area contributed by atoms with Crippen LogP contribution < -0.4 is 5.32 Å². The Bertz CT molecular complexity index is 1270. The first kappa shape index (κ1) is 30.1. The number of likely N-dealkylation sites (tertiary alicyclic amines) is 2. The number of aromatic nitrogens is 1. The molecule has 41 heavy (non-hydrogen) atoms. The lowest BCUT2D eigenvalue weighted by Crippen LogP contribution is -2.54. The number of aromatic amines is 1. The highest BCUT2D eigenvalue weighted by molar-refractivity contribution is 7.71. The minimum absolute atomic E-state index is 0.0583. The zero-order valence-electron chi connectivity index (χ0n) is 24.8. The highest BCUT2D eigenvalue weighted by Gasteiger charge is 2.55. The number of fused-ring (bicyclic) bond motifs is 2. The summed E-state index contributed by atoms with van der Waals surface area (Å²) in [5, 5.41) is 4.38. The summed E-state index contributed by atoms with van der Waals surface area (Å²) in [5.74, 6) is -0.0504. The zero-order chi connectivity index (χ0) is 29.3. The molecule has 5 atom stereocenters. The Hall–Kier alpha value is -2.32. The van der Waals surface area contributed by atoms with Gasteiger partial charge in [-0.15, -0.1) is 0 Å². The summed E-state index contributed by atoms with van der Waals surface area (Å²) in [6.45, 7) is 9.34. The standard InChI is InChI=1S/C31H45FN4O4P/c1-31(2,3)40-19-39-18-34-27(20-9-7-6-8-10-20)29(37)35-14-13-26-28(35)24(17-36(26)30(38)41(4)5)23-16-33-25-15-21(32)11-12-22(23)25/h11-12,15-16,20,24,26-28,33-34H,4,6-10,13-14,17-19H2,1-3,5H3/q+1. The molecule has 8 nitrogen and oxygen atoms in total. The van der Waals surface area contributed by atoms with Crippen molar-refractivity contribution in [3.05, 3.63) is 35.8 Å². The van der Waals surface area contributed by atoms with E-state index in [1.54, 1.807) is 6.07 Å². The van der Waals surface area contributed by atoms with Gasteiger partial charge in [0, 0.05) is 36.1 Å². The molecule has 1 saturated carbocycles. The number of carbonyl (C=O) groups is 2. The third kappa shape index (κ3) is 6.53. The van der Waals surface area contributed by atoms with E-state index in [4.69, 9.17) is 9.47 Å². The number of nitrogens with one attached hydrogen (secondary N) is 2. The second kappa shape index (κ2) is 12.5. The van der Waals surface area contributed by atoms with E-state index in [0.717, 1.165) is 48.6 Å². The van der Waals surface area contributed by atoms with Crippen LogP contribution in [0.4, 0.5) is 9.18 Å². The number of nitrogens with zero attached hydrogens (tertiary/aromatic N) is 2. The molecule has 2 amide bonds. The van der Waals surface area contributed by atoms with Crippen molar-refractivity contribution in [1.29, 1.82) is 0 Å². The minimum Gasteiger partial charge on any atom is -0.361 e. The Morgan fingerprint density at radius 3 is 2.66 bits per heavy atom. The van der Waals surface area contributed by atoms with Crippen molar-refractivity contribution in [1.82, 2.24) is 20.1 Å². The number of ether oxygens (including phenoxy) is 2. The first-order chi connectivity index (χ1) is 19.5. The third-order valence-corrected chi connectivity index (χ3v) is 9.83. The molecule has 224 valence electrons. The number of benzene rings is 1. The molecular formula is C31H45FN4O4P+. The van der Waals surface area contributed by atoms with Crippen LogP contribution in [0.3, 0.4) is 0 Å². The SMILES string of the molecule is C=[P+](C)C(=O)N1CC(c2c[nH]c3cc(F)ccc23)C2C1CCN2C(=O)C(NCOCOC(C)(C)C)C1CCCCC1. The molecular weight excluding hydrogens is 542 g/mol. The van der Waals surface area contributed by atoms with Gasteiger partial charge < -0.3 is 19.4 Å². The van der Waals surface area contributed by atoms with Gasteiger partial charge >= 0.3 is 5.65 Å². The van der Waals surface area contributed by atoms with Crippen LogP contribution in [0.1, 0.15) is 70.8 Å². The number of hydrogen-bond donors (Lipinski definition) is 2. The van der Waals surface area contributed by atoms with E-state index < -0.39 is 7.55 Å². The molecule has 0 radical (unpaired) electrons. The second-order valence-electron chi connectivity index (χ2n) is 12.9. The zero-order valence-corrected chi connectivity index (χ0v) is 25.7. The fourth-order valence-corrected chi connectivity index (χ4v) is 7.67. The summed E-state index contributed by atoms with van der Waals surface area (Å²) in [5.41, 5.74) is 1.53. The van der Waals surface area contributed by atoms with Crippen molar-refractivity contribution >= 4 is 36.3 Å². The highest BCUT2D eigenvalue weighted by atomic mass is 31.1. The largest absolute Gasteiger partial charge is 0.419 e. The van der Waals surface area contributed by atoms with Gasteiger partial charge in [0.15, 0.2) is 7.55 Å². The van der Waals surface area contributed by atoms with Crippen molar-refractivity contribution in [2.24, 2.45) is 5.92 Å². The molecule has 5 unspecified atom stereocenters. The van der Waals surface area contributed by atoms with Crippen LogP contribution in [-0.2, 0) is 14.3 Å². The topological polar surface area (TPSA) is 86.9 Å². The van der Waals surface area contributed by atoms with Gasteiger partial charge in [0.25, 0.3) is 0 Å². The van der Waals surface area contributed by atoms with E-state index >= 15 is 0 Å². The Morgan fingerprint density at radius 2 is 1.95 bits per heavy atom. The van der Waals surface area contributed by atoms with Crippen molar-refractivity contribution in [2.75, 3.05) is 33.3 Å². The van der Waals surface area contributed by atoms with Crippen molar-refractivity contribution in [3.8, 4) is 0 Å². The number of halogens is 1. The highest BCUT2D eigenvalue weighted by Crippen LogP contribution is 2.45.